The van der Waals surface area contributed by atoms with Crippen molar-refractivity contribution < 1.29 is 0 Å². The molecule has 0 saturated carbocycles. The largest absolute Gasteiger partial charge is 0.318 e. The number of hydrazine groups is 1. The molecule has 0 bridgehead atoms. The van der Waals surface area contributed by atoms with Crippen LogP contribution < -0.4 is 16.2 Å². The summed E-state index contributed by atoms with van der Waals surface area (Å²) >= 11 is 0. The summed E-state index contributed by atoms with van der Waals surface area (Å²) in [5.41, 5.74) is 6.58. The van der Waals surface area contributed by atoms with Crippen LogP contribution in [0, 0.1) is 0 Å². The van der Waals surface area contributed by atoms with E-state index in [1.165, 1.54) is 19.3 Å². The van der Waals surface area contributed by atoms with Crippen molar-refractivity contribution in [3.8, 4) is 0 Å². The van der Waals surface area contributed by atoms with Crippen molar-refractivity contribution in [3.63, 3.8) is 0 Å². The Hall–Kier alpha value is -0.120. The summed E-state index contributed by atoms with van der Waals surface area (Å²) in [7, 11) is 1.99. The monoisotopic (exact) mass is 157 g/mol. The molecule has 2 unspecified atom stereocenters. The van der Waals surface area contributed by atoms with Crippen molar-refractivity contribution in [2.75, 3.05) is 13.6 Å². The molecule has 1 heterocycles. The van der Waals surface area contributed by atoms with Gasteiger partial charge >= 0.3 is 0 Å². The van der Waals surface area contributed by atoms with Gasteiger partial charge in [0.15, 0.2) is 0 Å². The van der Waals surface area contributed by atoms with Crippen LogP contribution in [0.3, 0.4) is 0 Å². The lowest BCUT2D eigenvalue weighted by Gasteiger charge is -2.06. The molecular formula is C8H19N3. The van der Waals surface area contributed by atoms with E-state index in [0.717, 1.165) is 6.54 Å². The Morgan fingerprint density at radius 1 is 1.36 bits per heavy atom. The van der Waals surface area contributed by atoms with Crippen LogP contribution in [-0.2, 0) is 0 Å². The highest BCUT2D eigenvalue weighted by Crippen LogP contribution is 2.08. The third-order valence-corrected chi connectivity index (χ3v) is 2.15. The molecule has 11 heavy (non-hydrogen) atoms. The maximum absolute atomic E-state index is 3.30. The molecule has 66 valence electrons. The highest BCUT2D eigenvalue weighted by molar-refractivity contribution is 4.81. The van der Waals surface area contributed by atoms with Crippen LogP contribution in [0.5, 0.6) is 0 Å². The van der Waals surface area contributed by atoms with E-state index in [2.05, 4.69) is 23.1 Å². The van der Waals surface area contributed by atoms with Gasteiger partial charge in [-0.2, -0.15) is 0 Å². The van der Waals surface area contributed by atoms with E-state index >= 15 is 0 Å². The van der Waals surface area contributed by atoms with Crippen LogP contribution in [0.15, 0.2) is 0 Å². The molecule has 0 aromatic heterocycles. The van der Waals surface area contributed by atoms with Gasteiger partial charge in [-0.05, 0) is 19.9 Å². The molecule has 3 nitrogen and oxygen atoms in total. The van der Waals surface area contributed by atoms with E-state index in [9.17, 15) is 0 Å². The fourth-order valence-corrected chi connectivity index (χ4v) is 1.62. The lowest BCUT2D eigenvalue weighted by molar-refractivity contribution is 0.505. The number of hydrogen-bond acceptors (Lipinski definition) is 3. The molecule has 0 aromatic rings. The zero-order valence-electron chi connectivity index (χ0n) is 7.48. The first-order valence-electron chi connectivity index (χ1n) is 4.52. The van der Waals surface area contributed by atoms with Gasteiger partial charge in [0.25, 0.3) is 0 Å². The topological polar surface area (TPSA) is 36.1 Å². The van der Waals surface area contributed by atoms with Gasteiger partial charge in [-0.3, -0.25) is 10.9 Å². The zero-order chi connectivity index (χ0) is 8.10. The molecule has 1 rings (SSSR count). The molecule has 3 N–H and O–H groups in total. The number of rotatable bonds is 4. The Labute approximate surface area is 68.9 Å². The van der Waals surface area contributed by atoms with Gasteiger partial charge in [0, 0.05) is 18.6 Å². The predicted octanol–water partition coefficient (Wildman–Crippen LogP) is 0.241. The highest BCUT2D eigenvalue weighted by atomic mass is 15.4. The second-order valence-corrected chi connectivity index (χ2v) is 3.26. The van der Waals surface area contributed by atoms with Gasteiger partial charge in [0.2, 0.25) is 0 Å². The summed E-state index contributed by atoms with van der Waals surface area (Å²) in [4.78, 5) is 0. The first kappa shape index (κ1) is 8.97. The SMILES string of the molecule is CCCC1CC(CNC)NN1. The molecule has 0 aromatic carbocycles. The summed E-state index contributed by atoms with van der Waals surface area (Å²) in [6.07, 6.45) is 3.81. The second kappa shape index (κ2) is 4.70. The van der Waals surface area contributed by atoms with Crippen LogP contribution in [0.4, 0.5) is 0 Å². The Balaban J connectivity index is 2.12. The summed E-state index contributed by atoms with van der Waals surface area (Å²) in [5, 5.41) is 3.17. The van der Waals surface area contributed by atoms with E-state index in [1.54, 1.807) is 0 Å². The van der Waals surface area contributed by atoms with Gasteiger partial charge in [0.1, 0.15) is 0 Å². The van der Waals surface area contributed by atoms with E-state index in [-0.39, 0.29) is 0 Å². The molecule has 1 fully saturated rings. The third kappa shape index (κ3) is 2.77. The Bertz CT molecular complexity index is 93.5. The van der Waals surface area contributed by atoms with Crippen molar-refractivity contribution in [3.05, 3.63) is 0 Å². The van der Waals surface area contributed by atoms with Crippen LogP contribution in [0.1, 0.15) is 26.2 Å². The lowest BCUT2D eigenvalue weighted by Crippen LogP contribution is -2.37. The minimum atomic E-state index is 0.622. The first-order valence-corrected chi connectivity index (χ1v) is 4.52. The Morgan fingerprint density at radius 2 is 2.09 bits per heavy atom. The minimum absolute atomic E-state index is 0.622. The first-order chi connectivity index (χ1) is 5.36. The fraction of sp³-hybridized carbons (Fsp3) is 1.00. The average molecular weight is 157 g/mol. The quantitative estimate of drug-likeness (QED) is 0.547. The maximum atomic E-state index is 3.30. The normalized spacial score (nSPS) is 31.1. The van der Waals surface area contributed by atoms with E-state index in [0.29, 0.717) is 12.1 Å². The van der Waals surface area contributed by atoms with E-state index < -0.39 is 0 Å². The minimum Gasteiger partial charge on any atom is -0.318 e. The molecule has 0 radical (unpaired) electrons. The summed E-state index contributed by atoms with van der Waals surface area (Å²) in [5.74, 6) is 0. The van der Waals surface area contributed by atoms with Gasteiger partial charge in [-0.15, -0.1) is 0 Å². The van der Waals surface area contributed by atoms with Crippen LogP contribution >= 0.6 is 0 Å². The second-order valence-electron chi connectivity index (χ2n) is 3.26. The lowest BCUT2D eigenvalue weighted by atomic mass is 10.1. The van der Waals surface area contributed by atoms with Crippen molar-refractivity contribution in [1.82, 2.24) is 16.2 Å². The van der Waals surface area contributed by atoms with Crippen LogP contribution in [0.25, 0.3) is 0 Å². The molecule has 3 heteroatoms. The van der Waals surface area contributed by atoms with E-state index in [4.69, 9.17) is 0 Å². The van der Waals surface area contributed by atoms with Crippen molar-refractivity contribution in [2.24, 2.45) is 0 Å². The molecule has 1 saturated heterocycles. The smallest absolute Gasteiger partial charge is 0.0353 e. The summed E-state index contributed by atoms with van der Waals surface area (Å²) in [6.45, 7) is 3.29. The van der Waals surface area contributed by atoms with Gasteiger partial charge in [-0.1, -0.05) is 13.3 Å². The summed E-state index contributed by atoms with van der Waals surface area (Å²) < 4.78 is 0. The fourth-order valence-electron chi connectivity index (χ4n) is 1.62. The zero-order valence-corrected chi connectivity index (χ0v) is 7.48. The third-order valence-electron chi connectivity index (χ3n) is 2.15. The highest BCUT2D eigenvalue weighted by Gasteiger charge is 2.21. The standard InChI is InChI=1S/C8H19N3/c1-3-4-7-5-8(6-9-2)11-10-7/h7-11H,3-6H2,1-2H3. The predicted molar refractivity (Wildman–Crippen MR) is 47.3 cm³/mol. The Kier molecular flexibility index (Phi) is 3.83. The molecular weight excluding hydrogens is 138 g/mol. The number of nitrogens with one attached hydrogen (secondary N) is 3. The molecule has 0 spiro atoms. The van der Waals surface area contributed by atoms with Crippen molar-refractivity contribution in [1.29, 1.82) is 0 Å². The maximum Gasteiger partial charge on any atom is 0.0353 e. The Morgan fingerprint density at radius 3 is 2.73 bits per heavy atom. The van der Waals surface area contributed by atoms with Gasteiger partial charge in [-0.25, -0.2) is 0 Å². The molecule has 0 aliphatic carbocycles. The van der Waals surface area contributed by atoms with Crippen molar-refractivity contribution >= 4 is 0 Å². The number of hydrogen-bond donors (Lipinski definition) is 3. The molecule has 1 aliphatic rings. The molecule has 0 amide bonds. The van der Waals surface area contributed by atoms with Crippen molar-refractivity contribution in [2.45, 2.75) is 38.3 Å². The van der Waals surface area contributed by atoms with Crippen LogP contribution in [-0.4, -0.2) is 25.7 Å². The summed E-state index contributed by atoms with van der Waals surface area (Å²) in [6, 6.07) is 1.31. The molecule has 2 atom stereocenters. The van der Waals surface area contributed by atoms with Gasteiger partial charge < -0.3 is 5.32 Å². The van der Waals surface area contributed by atoms with E-state index in [1.807, 2.05) is 7.05 Å². The van der Waals surface area contributed by atoms with Crippen LogP contribution in [0.2, 0.25) is 0 Å². The van der Waals surface area contributed by atoms with Gasteiger partial charge in [0.05, 0.1) is 0 Å². The average Bonchev–Trinajstić information content (AvgIpc) is 2.38. The number of likely N-dealkylation sites (N-methyl/N-ethyl adjacent to an activating group) is 1. The molecule has 1 aliphatic heterocycles.